The highest BCUT2D eigenvalue weighted by Crippen LogP contribution is 2.41. The highest BCUT2D eigenvalue weighted by atomic mass is 35.5. The third-order valence-corrected chi connectivity index (χ3v) is 4.56. The van der Waals surface area contributed by atoms with Crippen LogP contribution in [-0.4, -0.2) is 12.7 Å². The molecular formula is C10H11Cl3OS. The summed E-state index contributed by atoms with van der Waals surface area (Å²) >= 11 is 19.6. The summed E-state index contributed by atoms with van der Waals surface area (Å²) < 4.78 is 6.98. The lowest BCUT2D eigenvalue weighted by Gasteiger charge is -2.26. The van der Waals surface area contributed by atoms with E-state index in [2.05, 4.69) is 0 Å². The Morgan fingerprint density at radius 3 is 2.73 bits per heavy atom. The van der Waals surface area contributed by atoms with E-state index in [1.165, 1.54) is 17.8 Å². The summed E-state index contributed by atoms with van der Waals surface area (Å²) in [6.07, 6.45) is 3.36. The fourth-order valence-corrected chi connectivity index (χ4v) is 3.78. The van der Waals surface area contributed by atoms with Gasteiger partial charge in [-0.3, -0.25) is 0 Å². The summed E-state index contributed by atoms with van der Waals surface area (Å²) in [4.78, 5) is 0. The Balaban J connectivity index is 2.12. The second-order valence-electron chi connectivity index (χ2n) is 3.59. The Labute approximate surface area is 108 Å². The molecule has 0 bridgehead atoms. The zero-order chi connectivity index (χ0) is 10.8. The van der Waals surface area contributed by atoms with Gasteiger partial charge in [-0.2, -0.15) is 0 Å². The van der Waals surface area contributed by atoms with E-state index >= 15 is 0 Å². The highest BCUT2D eigenvalue weighted by Gasteiger charge is 2.26. The van der Waals surface area contributed by atoms with Crippen molar-refractivity contribution in [3.8, 4) is 0 Å². The number of hydrogen-bond acceptors (Lipinski definition) is 2. The molecule has 1 aromatic rings. The van der Waals surface area contributed by atoms with Crippen LogP contribution in [0.2, 0.25) is 8.67 Å². The summed E-state index contributed by atoms with van der Waals surface area (Å²) in [5.74, 6) is 0. The molecule has 2 heterocycles. The van der Waals surface area contributed by atoms with E-state index in [1.807, 2.05) is 6.07 Å². The molecule has 0 N–H and O–H groups in total. The summed E-state index contributed by atoms with van der Waals surface area (Å²) in [6, 6.07) is 1.84. The Morgan fingerprint density at radius 2 is 2.20 bits per heavy atom. The van der Waals surface area contributed by atoms with Gasteiger partial charge in [0.2, 0.25) is 0 Å². The van der Waals surface area contributed by atoms with E-state index in [9.17, 15) is 0 Å². The SMILES string of the molecule is Clc1cc(C(Cl)C2CCCCO2)c(Cl)s1. The number of thiophene rings is 1. The maximum Gasteiger partial charge on any atom is 0.0992 e. The molecule has 1 saturated heterocycles. The van der Waals surface area contributed by atoms with Crippen LogP contribution in [0.25, 0.3) is 0 Å². The molecule has 15 heavy (non-hydrogen) atoms. The standard InChI is InChI=1S/C10H11Cl3OS/c11-8-5-6(10(13)15-8)9(12)7-3-1-2-4-14-7/h5,7,9H,1-4H2. The Kier molecular flexibility index (Phi) is 4.19. The van der Waals surface area contributed by atoms with E-state index in [1.54, 1.807) is 0 Å². The molecule has 1 aliphatic heterocycles. The Hall–Kier alpha value is 0.530. The smallest absolute Gasteiger partial charge is 0.0992 e. The van der Waals surface area contributed by atoms with Crippen molar-refractivity contribution in [3.05, 3.63) is 20.3 Å². The maximum absolute atomic E-state index is 6.34. The summed E-state index contributed by atoms with van der Waals surface area (Å²) in [5.41, 5.74) is 0.903. The average molecular weight is 286 g/mol. The fourth-order valence-electron chi connectivity index (χ4n) is 1.74. The van der Waals surface area contributed by atoms with E-state index < -0.39 is 0 Å². The molecule has 0 aliphatic carbocycles. The van der Waals surface area contributed by atoms with Crippen LogP contribution in [0.1, 0.15) is 30.2 Å². The van der Waals surface area contributed by atoms with Crippen LogP contribution >= 0.6 is 46.1 Å². The molecule has 1 fully saturated rings. The summed E-state index contributed by atoms with van der Waals surface area (Å²) in [6.45, 7) is 0.795. The van der Waals surface area contributed by atoms with E-state index in [0.29, 0.717) is 8.67 Å². The van der Waals surface area contributed by atoms with Gasteiger partial charge in [-0.1, -0.05) is 23.2 Å². The first-order valence-corrected chi connectivity index (χ1v) is 6.90. The van der Waals surface area contributed by atoms with Crippen molar-refractivity contribution in [2.24, 2.45) is 0 Å². The molecule has 5 heteroatoms. The number of ether oxygens (including phenoxy) is 1. The van der Waals surface area contributed by atoms with Crippen LogP contribution < -0.4 is 0 Å². The van der Waals surface area contributed by atoms with Gasteiger partial charge in [0.1, 0.15) is 0 Å². The molecule has 0 saturated carbocycles. The monoisotopic (exact) mass is 284 g/mol. The van der Waals surface area contributed by atoms with Gasteiger partial charge in [0.25, 0.3) is 0 Å². The molecule has 2 atom stereocenters. The molecule has 0 aromatic carbocycles. The number of alkyl halides is 1. The zero-order valence-electron chi connectivity index (χ0n) is 8.01. The first kappa shape index (κ1) is 12.0. The highest BCUT2D eigenvalue weighted by molar-refractivity contribution is 7.20. The van der Waals surface area contributed by atoms with E-state index in [4.69, 9.17) is 39.5 Å². The van der Waals surface area contributed by atoms with Gasteiger partial charge in [-0.05, 0) is 25.3 Å². The van der Waals surface area contributed by atoms with Gasteiger partial charge in [-0.15, -0.1) is 22.9 Å². The van der Waals surface area contributed by atoms with Crippen LogP contribution in [0.3, 0.4) is 0 Å². The normalized spacial score (nSPS) is 24.1. The van der Waals surface area contributed by atoms with Crippen molar-refractivity contribution in [2.45, 2.75) is 30.7 Å². The van der Waals surface area contributed by atoms with Gasteiger partial charge in [0.05, 0.1) is 20.2 Å². The molecule has 0 amide bonds. The van der Waals surface area contributed by atoms with Gasteiger partial charge in [0, 0.05) is 12.2 Å². The molecule has 0 spiro atoms. The molecular weight excluding hydrogens is 275 g/mol. The third kappa shape index (κ3) is 2.80. The quantitative estimate of drug-likeness (QED) is 0.702. The van der Waals surface area contributed by atoms with Gasteiger partial charge in [0.15, 0.2) is 0 Å². The van der Waals surface area contributed by atoms with Crippen LogP contribution in [0.4, 0.5) is 0 Å². The molecule has 2 rings (SSSR count). The topological polar surface area (TPSA) is 9.23 Å². The van der Waals surface area contributed by atoms with Crippen LogP contribution in [0.5, 0.6) is 0 Å². The lowest BCUT2D eigenvalue weighted by Crippen LogP contribution is -2.23. The summed E-state index contributed by atoms with van der Waals surface area (Å²) in [7, 11) is 0. The molecule has 0 radical (unpaired) electrons. The third-order valence-electron chi connectivity index (χ3n) is 2.52. The minimum Gasteiger partial charge on any atom is -0.376 e. The van der Waals surface area contributed by atoms with Crippen molar-refractivity contribution in [1.82, 2.24) is 0 Å². The molecule has 84 valence electrons. The fraction of sp³-hybridized carbons (Fsp3) is 0.600. The van der Waals surface area contributed by atoms with Crippen molar-refractivity contribution >= 4 is 46.1 Å². The second-order valence-corrected chi connectivity index (χ2v) is 6.34. The van der Waals surface area contributed by atoms with Crippen LogP contribution in [0.15, 0.2) is 6.07 Å². The largest absolute Gasteiger partial charge is 0.376 e. The molecule has 1 aliphatic rings. The van der Waals surface area contributed by atoms with Crippen molar-refractivity contribution < 1.29 is 4.74 Å². The number of halogens is 3. The number of rotatable bonds is 2. The van der Waals surface area contributed by atoms with Gasteiger partial charge in [-0.25, -0.2) is 0 Å². The molecule has 1 aromatic heterocycles. The zero-order valence-corrected chi connectivity index (χ0v) is 11.1. The van der Waals surface area contributed by atoms with Crippen molar-refractivity contribution in [3.63, 3.8) is 0 Å². The minimum atomic E-state index is -0.179. The van der Waals surface area contributed by atoms with Crippen molar-refractivity contribution in [1.29, 1.82) is 0 Å². The van der Waals surface area contributed by atoms with E-state index in [0.717, 1.165) is 25.0 Å². The lowest BCUT2D eigenvalue weighted by atomic mass is 10.0. The predicted octanol–water partition coefficient (Wildman–Crippen LogP) is 4.90. The van der Waals surface area contributed by atoms with Gasteiger partial charge < -0.3 is 4.74 Å². The molecule has 2 unspecified atom stereocenters. The first-order valence-electron chi connectivity index (χ1n) is 4.89. The van der Waals surface area contributed by atoms with Crippen LogP contribution in [0, 0.1) is 0 Å². The average Bonchev–Trinajstić information content (AvgIpc) is 2.58. The second kappa shape index (κ2) is 5.24. The van der Waals surface area contributed by atoms with Gasteiger partial charge >= 0.3 is 0 Å². The van der Waals surface area contributed by atoms with Crippen molar-refractivity contribution in [2.75, 3.05) is 6.61 Å². The minimum absolute atomic E-state index is 0.0728. The van der Waals surface area contributed by atoms with E-state index in [-0.39, 0.29) is 11.5 Å². The Bertz CT molecular complexity index is 333. The van der Waals surface area contributed by atoms with Crippen LogP contribution in [-0.2, 0) is 4.74 Å². The predicted molar refractivity (Wildman–Crippen MR) is 66.5 cm³/mol. The summed E-state index contributed by atoms with van der Waals surface area (Å²) in [5, 5.41) is -0.179. The Morgan fingerprint density at radius 1 is 1.40 bits per heavy atom. The first-order chi connectivity index (χ1) is 7.18. The molecule has 1 nitrogen and oxygen atoms in total. The lowest BCUT2D eigenvalue weighted by molar-refractivity contribution is 0.0136. The number of hydrogen-bond donors (Lipinski definition) is 0. The maximum atomic E-state index is 6.34.